The number of aliphatic hydroxyl groups is 2. The summed E-state index contributed by atoms with van der Waals surface area (Å²) in [5.74, 6) is -1.24. The van der Waals surface area contributed by atoms with Gasteiger partial charge in [0, 0.05) is 23.7 Å². The second-order valence-corrected chi connectivity index (χ2v) is 10.3. The van der Waals surface area contributed by atoms with E-state index in [1.165, 1.54) is 0 Å². The molecule has 0 aromatic heterocycles. The van der Waals surface area contributed by atoms with Gasteiger partial charge in [-0.05, 0) is 23.5 Å². The van der Waals surface area contributed by atoms with Gasteiger partial charge in [0.1, 0.15) is 5.60 Å². The van der Waals surface area contributed by atoms with Crippen molar-refractivity contribution >= 4 is 0 Å². The van der Waals surface area contributed by atoms with E-state index in [0.717, 1.165) is 12.0 Å². The predicted molar refractivity (Wildman–Crippen MR) is 108 cm³/mol. The molecule has 1 saturated heterocycles. The van der Waals surface area contributed by atoms with Crippen molar-refractivity contribution in [3.05, 3.63) is 48.0 Å². The fourth-order valence-electron chi connectivity index (χ4n) is 6.66. The average Bonchev–Trinajstić information content (AvgIpc) is 3.28. The van der Waals surface area contributed by atoms with Gasteiger partial charge in [-0.1, -0.05) is 57.2 Å². The second kappa shape index (κ2) is 6.38. The van der Waals surface area contributed by atoms with Crippen molar-refractivity contribution in [1.82, 2.24) is 0 Å². The number of ether oxygens (including phenoxy) is 3. The lowest BCUT2D eigenvalue weighted by molar-refractivity contribution is -0.199. The van der Waals surface area contributed by atoms with E-state index >= 15 is 0 Å². The Morgan fingerprint density at radius 3 is 2.41 bits per heavy atom. The maximum atomic E-state index is 12.2. The Kier molecular flexibility index (Phi) is 4.34. The molecule has 0 amide bonds. The third-order valence-corrected chi connectivity index (χ3v) is 8.02. The van der Waals surface area contributed by atoms with Gasteiger partial charge < -0.3 is 24.4 Å². The molecule has 1 spiro atoms. The van der Waals surface area contributed by atoms with Crippen LogP contribution in [0.4, 0.5) is 0 Å². The number of hydrogen-bond acceptors (Lipinski definition) is 5. The van der Waals surface area contributed by atoms with Crippen LogP contribution in [-0.4, -0.2) is 47.0 Å². The molecule has 1 aromatic carbocycles. The van der Waals surface area contributed by atoms with Gasteiger partial charge >= 0.3 is 0 Å². The number of hydrogen-bond donors (Lipinski definition) is 2. The molecule has 0 radical (unpaired) electrons. The van der Waals surface area contributed by atoms with Crippen molar-refractivity contribution in [3.63, 3.8) is 0 Å². The van der Waals surface area contributed by atoms with Crippen LogP contribution in [0.3, 0.4) is 0 Å². The Balaban J connectivity index is 1.50. The zero-order valence-electron chi connectivity index (χ0n) is 17.5. The number of aliphatic hydroxyl groups excluding tert-OH is 1. The molecule has 1 aromatic rings. The van der Waals surface area contributed by atoms with Gasteiger partial charge in [0.05, 0.1) is 32.0 Å². The van der Waals surface area contributed by atoms with Crippen molar-refractivity contribution in [3.8, 4) is 0 Å². The molecular weight excluding hydrogens is 368 g/mol. The van der Waals surface area contributed by atoms with Crippen LogP contribution >= 0.6 is 0 Å². The van der Waals surface area contributed by atoms with E-state index in [1.807, 2.05) is 42.5 Å². The Hall–Kier alpha value is -1.24. The Bertz CT molecular complexity index is 799. The lowest BCUT2D eigenvalue weighted by Crippen LogP contribution is -2.55. The molecule has 0 unspecified atom stereocenters. The maximum Gasteiger partial charge on any atom is 0.188 e. The largest absolute Gasteiger partial charge is 0.392 e. The molecule has 0 bridgehead atoms. The van der Waals surface area contributed by atoms with E-state index in [2.05, 4.69) is 20.8 Å². The quantitative estimate of drug-likeness (QED) is 0.764. The summed E-state index contributed by atoms with van der Waals surface area (Å²) in [5.41, 5.74) is -0.828. The Morgan fingerprint density at radius 2 is 1.72 bits per heavy atom. The smallest absolute Gasteiger partial charge is 0.188 e. The monoisotopic (exact) mass is 400 g/mol. The Morgan fingerprint density at radius 1 is 1.03 bits per heavy atom. The lowest BCUT2D eigenvalue weighted by atomic mass is 9.65. The molecule has 6 atom stereocenters. The second-order valence-electron chi connectivity index (χ2n) is 10.3. The lowest BCUT2D eigenvalue weighted by Gasteiger charge is -2.48. The molecule has 5 heteroatoms. The SMILES string of the molecule is CC1(C)C[C@@H]2[C@H](O)[C@]3(C)C=CC4(C[C@@H]3[C@]2(O)[C@H]1OCc1ccccc1)OCCO4. The molecule has 3 aliphatic carbocycles. The normalized spacial score (nSPS) is 44.2. The minimum absolute atomic E-state index is 0.208. The fourth-order valence-corrected chi connectivity index (χ4v) is 6.66. The minimum Gasteiger partial charge on any atom is -0.392 e. The van der Waals surface area contributed by atoms with E-state index < -0.39 is 22.9 Å². The molecular formula is C24H32O5. The van der Waals surface area contributed by atoms with E-state index in [9.17, 15) is 10.2 Å². The molecule has 5 nitrogen and oxygen atoms in total. The predicted octanol–water partition coefficient (Wildman–Crippen LogP) is 3.05. The zero-order valence-corrected chi connectivity index (χ0v) is 17.5. The number of fused-ring (bicyclic) bond motifs is 3. The van der Waals surface area contributed by atoms with Gasteiger partial charge in [-0.2, -0.15) is 0 Å². The minimum atomic E-state index is -1.14. The van der Waals surface area contributed by atoms with Gasteiger partial charge in [-0.3, -0.25) is 0 Å². The molecule has 5 rings (SSSR count). The van der Waals surface area contributed by atoms with E-state index in [0.29, 0.717) is 26.2 Å². The zero-order chi connectivity index (χ0) is 20.5. The summed E-state index contributed by atoms with van der Waals surface area (Å²) >= 11 is 0. The standard InChI is InChI=1S/C24H32O5/c1-21(2)13-17-19(25)22(3)9-10-23(28-11-12-29-23)14-18(22)24(17,26)20(21)27-15-16-7-5-4-6-8-16/h4-10,17-20,25-26H,11-15H2,1-3H3/t17-,18+,19+,20+,22-,24+/m1/s1. The van der Waals surface area contributed by atoms with Crippen LogP contribution in [0.1, 0.15) is 39.2 Å². The van der Waals surface area contributed by atoms with Crippen molar-refractivity contribution in [2.75, 3.05) is 13.2 Å². The van der Waals surface area contributed by atoms with Gasteiger partial charge in [0.2, 0.25) is 0 Å². The topological polar surface area (TPSA) is 68.2 Å². The Labute approximate surface area is 172 Å². The van der Waals surface area contributed by atoms with E-state index in [1.54, 1.807) is 0 Å². The summed E-state index contributed by atoms with van der Waals surface area (Å²) in [7, 11) is 0. The van der Waals surface area contributed by atoms with Crippen LogP contribution < -0.4 is 0 Å². The van der Waals surface area contributed by atoms with Crippen LogP contribution in [0, 0.1) is 22.7 Å². The van der Waals surface area contributed by atoms with Crippen molar-refractivity contribution in [2.45, 2.75) is 63.8 Å². The highest BCUT2D eigenvalue weighted by atomic mass is 16.7. The van der Waals surface area contributed by atoms with E-state index in [-0.39, 0.29) is 23.4 Å². The summed E-state index contributed by atoms with van der Waals surface area (Å²) in [4.78, 5) is 0. The molecule has 4 aliphatic rings. The molecule has 3 fully saturated rings. The third-order valence-electron chi connectivity index (χ3n) is 8.02. The highest BCUT2D eigenvalue weighted by Gasteiger charge is 2.75. The first-order chi connectivity index (χ1) is 13.7. The highest BCUT2D eigenvalue weighted by molar-refractivity contribution is 5.30. The molecule has 1 heterocycles. The van der Waals surface area contributed by atoms with Gasteiger partial charge in [0.15, 0.2) is 5.79 Å². The van der Waals surface area contributed by atoms with Crippen LogP contribution in [0.25, 0.3) is 0 Å². The van der Waals surface area contributed by atoms with Gasteiger partial charge in [-0.25, -0.2) is 0 Å². The van der Waals surface area contributed by atoms with Crippen LogP contribution in [0.5, 0.6) is 0 Å². The van der Waals surface area contributed by atoms with Crippen molar-refractivity contribution in [1.29, 1.82) is 0 Å². The van der Waals surface area contributed by atoms with Crippen LogP contribution in [0.2, 0.25) is 0 Å². The third kappa shape index (κ3) is 2.71. The van der Waals surface area contributed by atoms with Crippen molar-refractivity contribution in [2.24, 2.45) is 22.7 Å². The van der Waals surface area contributed by atoms with Crippen LogP contribution in [-0.2, 0) is 20.8 Å². The van der Waals surface area contributed by atoms with Gasteiger partial charge in [-0.15, -0.1) is 0 Å². The first kappa shape index (κ1) is 19.7. The summed E-state index contributed by atoms with van der Waals surface area (Å²) in [6, 6.07) is 10.1. The fraction of sp³-hybridized carbons (Fsp3) is 0.667. The molecule has 158 valence electrons. The average molecular weight is 401 g/mol. The summed E-state index contributed by atoms with van der Waals surface area (Å²) in [6.07, 6.45) is 4.22. The van der Waals surface area contributed by atoms with Crippen molar-refractivity contribution < 1.29 is 24.4 Å². The first-order valence-electron chi connectivity index (χ1n) is 10.8. The summed E-state index contributed by atoms with van der Waals surface area (Å²) < 4.78 is 18.3. The molecule has 2 N–H and O–H groups in total. The molecule has 2 saturated carbocycles. The molecule has 1 aliphatic heterocycles. The van der Waals surface area contributed by atoms with Gasteiger partial charge in [0.25, 0.3) is 0 Å². The van der Waals surface area contributed by atoms with E-state index in [4.69, 9.17) is 14.2 Å². The molecule has 29 heavy (non-hydrogen) atoms. The number of rotatable bonds is 3. The maximum absolute atomic E-state index is 12.2. The highest BCUT2D eigenvalue weighted by Crippen LogP contribution is 2.67. The summed E-state index contributed by atoms with van der Waals surface area (Å²) in [6.45, 7) is 7.88. The first-order valence-corrected chi connectivity index (χ1v) is 10.8. The summed E-state index contributed by atoms with van der Waals surface area (Å²) in [5, 5.41) is 23.6. The number of benzene rings is 1. The van der Waals surface area contributed by atoms with Crippen LogP contribution in [0.15, 0.2) is 42.5 Å².